The zero-order chi connectivity index (χ0) is 14.8. The second-order valence-corrected chi connectivity index (χ2v) is 5.33. The lowest BCUT2D eigenvalue weighted by Gasteiger charge is -2.13. The lowest BCUT2D eigenvalue weighted by molar-refractivity contribution is 0.0956. The second-order valence-electron chi connectivity index (χ2n) is 5.33. The normalized spacial score (nSPS) is 14.1. The first-order valence-corrected chi connectivity index (χ1v) is 7.17. The molecule has 4 heteroatoms. The molecule has 0 unspecified atom stereocenters. The van der Waals surface area contributed by atoms with Gasteiger partial charge in [0.1, 0.15) is 11.5 Å². The maximum Gasteiger partial charge on any atom is 0.251 e. The average Bonchev–Trinajstić information content (AvgIpc) is 2.61. The molecule has 0 radical (unpaired) electrons. The molecule has 21 heavy (non-hydrogen) atoms. The van der Waals surface area contributed by atoms with Crippen LogP contribution in [0.5, 0.6) is 11.5 Å². The SMILES string of the molecule is Cc1cc(Oc2cccc3c2CCCNC3=O)cc(C)n1. The number of fused-ring (bicyclic) bond motifs is 1. The van der Waals surface area contributed by atoms with Crippen molar-refractivity contribution in [2.75, 3.05) is 6.54 Å². The van der Waals surface area contributed by atoms with Gasteiger partial charge in [-0.15, -0.1) is 0 Å². The van der Waals surface area contributed by atoms with Gasteiger partial charge in [-0.3, -0.25) is 9.78 Å². The fraction of sp³-hybridized carbons (Fsp3) is 0.294. The van der Waals surface area contributed by atoms with Crippen LogP contribution in [0.15, 0.2) is 30.3 Å². The highest BCUT2D eigenvalue weighted by atomic mass is 16.5. The number of aryl methyl sites for hydroxylation is 2. The van der Waals surface area contributed by atoms with Crippen LogP contribution in [-0.4, -0.2) is 17.4 Å². The Bertz CT molecular complexity index is 675. The molecule has 2 heterocycles. The van der Waals surface area contributed by atoms with Gasteiger partial charge in [0.05, 0.1) is 0 Å². The van der Waals surface area contributed by atoms with Crippen molar-refractivity contribution in [1.82, 2.24) is 10.3 Å². The summed E-state index contributed by atoms with van der Waals surface area (Å²) in [7, 11) is 0. The van der Waals surface area contributed by atoms with Crippen LogP contribution in [0.4, 0.5) is 0 Å². The Morgan fingerprint density at radius 2 is 1.95 bits per heavy atom. The molecular formula is C17H18N2O2. The maximum absolute atomic E-state index is 12.0. The van der Waals surface area contributed by atoms with Crippen molar-refractivity contribution >= 4 is 5.91 Å². The van der Waals surface area contributed by atoms with E-state index in [1.807, 2.05) is 44.2 Å². The summed E-state index contributed by atoms with van der Waals surface area (Å²) in [5.41, 5.74) is 3.54. The third-order valence-corrected chi connectivity index (χ3v) is 3.55. The summed E-state index contributed by atoms with van der Waals surface area (Å²) in [6, 6.07) is 9.45. The molecule has 1 aromatic heterocycles. The van der Waals surface area contributed by atoms with E-state index in [0.717, 1.165) is 41.3 Å². The molecule has 0 atom stereocenters. The van der Waals surface area contributed by atoms with Gasteiger partial charge in [-0.2, -0.15) is 0 Å². The number of hydrogen-bond donors (Lipinski definition) is 1. The number of rotatable bonds is 2. The molecule has 1 aliphatic rings. The van der Waals surface area contributed by atoms with Gasteiger partial charge < -0.3 is 10.1 Å². The summed E-state index contributed by atoms with van der Waals surface area (Å²) in [5.74, 6) is 1.50. The highest BCUT2D eigenvalue weighted by Gasteiger charge is 2.18. The van der Waals surface area contributed by atoms with E-state index in [-0.39, 0.29) is 5.91 Å². The van der Waals surface area contributed by atoms with Gasteiger partial charge in [0.25, 0.3) is 5.91 Å². The van der Waals surface area contributed by atoms with Crippen molar-refractivity contribution in [2.45, 2.75) is 26.7 Å². The van der Waals surface area contributed by atoms with Crippen LogP contribution >= 0.6 is 0 Å². The zero-order valence-electron chi connectivity index (χ0n) is 12.3. The van der Waals surface area contributed by atoms with E-state index >= 15 is 0 Å². The van der Waals surface area contributed by atoms with Crippen LogP contribution in [-0.2, 0) is 6.42 Å². The lowest BCUT2D eigenvalue weighted by Crippen LogP contribution is -2.22. The lowest BCUT2D eigenvalue weighted by atomic mass is 10.0. The minimum absolute atomic E-state index is 0.0185. The monoisotopic (exact) mass is 282 g/mol. The van der Waals surface area contributed by atoms with Crippen molar-refractivity contribution in [1.29, 1.82) is 0 Å². The summed E-state index contributed by atoms with van der Waals surface area (Å²) >= 11 is 0. The van der Waals surface area contributed by atoms with Gasteiger partial charge in [-0.05, 0) is 38.8 Å². The number of amides is 1. The molecule has 1 N–H and O–H groups in total. The number of aromatic nitrogens is 1. The molecular weight excluding hydrogens is 264 g/mol. The summed E-state index contributed by atoms with van der Waals surface area (Å²) in [5, 5.41) is 2.91. The quantitative estimate of drug-likeness (QED) is 0.920. The van der Waals surface area contributed by atoms with E-state index in [1.165, 1.54) is 0 Å². The van der Waals surface area contributed by atoms with Gasteiger partial charge in [0.15, 0.2) is 0 Å². The van der Waals surface area contributed by atoms with Crippen molar-refractivity contribution < 1.29 is 9.53 Å². The van der Waals surface area contributed by atoms with Crippen LogP contribution < -0.4 is 10.1 Å². The topological polar surface area (TPSA) is 51.2 Å². The maximum atomic E-state index is 12.0. The van der Waals surface area contributed by atoms with E-state index in [4.69, 9.17) is 4.74 Å². The van der Waals surface area contributed by atoms with Crippen molar-refractivity contribution in [3.8, 4) is 11.5 Å². The van der Waals surface area contributed by atoms with Crippen molar-refractivity contribution in [3.05, 3.63) is 52.8 Å². The first kappa shape index (κ1) is 13.6. The number of benzene rings is 1. The Morgan fingerprint density at radius 3 is 2.71 bits per heavy atom. The average molecular weight is 282 g/mol. The van der Waals surface area contributed by atoms with Crippen LogP contribution in [0, 0.1) is 13.8 Å². The first-order valence-electron chi connectivity index (χ1n) is 7.17. The van der Waals surface area contributed by atoms with Crippen molar-refractivity contribution in [2.24, 2.45) is 0 Å². The van der Waals surface area contributed by atoms with Crippen LogP contribution in [0.2, 0.25) is 0 Å². The predicted molar refractivity (Wildman–Crippen MR) is 80.9 cm³/mol. The minimum Gasteiger partial charge on any atom is -0.457 e. The molecule has 108 valence electrons. The smallest absolute Gasteiger partial charge is 0.251 e. The van der Waals surface area contributed by atoms with Gasteiger partial charge >= 0.3 is 0 Å². The Kier molecular flexibility index (Phi) is 3.60. The van der Waals surface area contributed by atoms with Gasteiger partial charge in [0, 0.05) is 41.2 Å². The van der Waals surface area contributed by atoms with Crippen LogP contribution in [0.25, 0.3) is 0 Å². The fourth-order valence-electron chi connectivity index (χ4n) is 2.68. The number of nitrogens with zero attached hydrogens (tertiary/aromatic N) is 1. The molecule has 0 spiro atoms. The molecule has 0 aliphatic carbocycles. The van der Waals surface area contributed by atoms with E-state index in [2.05, 4.69) is 10.3 Å². The number of nitrogens with one attached hydrogen (secondary N) is 1. The fourth-order valence-corrected chi connectivity index (χ4v) is 2.68. The highest BCUT2D eigenvalue weighted by Crippen LogP contribution is 2.30. The first-order chi connectivity index (χ1) is 10.1. The van der Waals surface area contributed by atoms with Gasteiger partial charge in [0.2, 0.25) is 0 Å². The highest BCUT2D eigenvalue weighted by molar-refractivity contribution is 5.96. The second kappa shape index (κ2) is 5.56. The van der Waals surface area contributed by atoms with Crippen LogP contribution in [0.1, 0.15) is 33.7 Å². The Morgan fingerprint density at radius 1 is 1.19 bits per heavy atom. The standard InChI is InChI=1S/C17H18N2O2/c1-11-9-13(10-12(2)19-11)21-16-7-3-5-15-14(16)6-4-8-18-17(15)20/h3,5,7,9-10H,4,6,8H2,1-2H3,(H,18,20). The Labute approximate surface area is 124 Å². The Hall–Kier alpha value is -2.36. The van der Waals surface area contributed by atoms with E-state index in [0.29, 0.717) is 12.1 Å². The summed E-state index contributed by atoms with van der Waals surface area (Å²) in [6.07, 6.45) is 1.76. The molecule has 0 bridgehead atoms. The number of ether oxygens (including phenoxy) is 1. The largest absolute Gasteiger partial charge is 0.457 e. The third kappa shape index (κ3) is 2.89. The summed E-state index contributed by atoms with van der Waals surface area (Å²) in [6.45, 7) is 4.60. The molecule has 1 aromatic carbocycles. The molecule has 0 saturated heterocycles. The molecule has 3 rings (SSSR count). The summed E-state index contributed by atoms with van der Waals surface area (Å²) in [4.78, 5) is 16.4. The van der Waals surface area contributed by atoms with Gasteiger partial charge in [-0.25, -0.2) is 0 Å². The number of pyridine rings is 1. The van der Waals surface area contributed by atoms with Crippen LogP contribution in [0.3, 0.4) is 0 Å². The number of carbonyl (C=O) groups is 1. The predicted octanol–water partition coefficient (Wildman–Crippen LogP) is 3.17. The van der Waals surface area contributed by atoms with E-state index in [9.17, 15) is 4.79 Å². The molecule has 2 aromatic rings. The number of hydrogen-bond acceptors (Lipinski definition) is 3. The van der Waals surface area contributed by atoms with E-state index < -0.39 is 0 Å². The molecule has 0 saturated carbocycles. The van der Waals surface area contributed by atoms with E-state index in [1.54, 1.807) is 0 Å². The van der Waals surface area contributed by atoms with Crippen molar-refractivity contribution in [3.63, 3.8) is 0 Å². The molecule has 0 fully saturated rings. The third-order valence-electron chi connectivity index (χ3n) is 3.55. The molecule has 1 amide bonds. The zero-order valence-corrected chi connectivity index (χ0v) is 12.3. The summed E-state index contributed by atoms with van der Waals surface area (Å²) < 4.78 is 6.02. The van der Waals surface area contributed by atoms with Gasteiger partial charge in [-0.1, -0.05) is 6.07 Å². The number of carbonyl (C=O) groups excluding carboxylic acids is 1. The molecule has 1 aliphatic heterocycles. The molecule has 4 nitrogen and oxygen atoms in total. The minimum atomic E-state index is -0.0185. The Balaban J connectivity index is 1.99.